The minimum Gasteiger partial charge on any atom is -0.390 e. The van der Waals surface area contributed by atoms with Gasteiger partial charge >= 0.3 is 0 Å². The van der Waals surface area contributed by atoms with Crippen LogP contribution in [-0.4, -0.2) is 21.9 Å². The Morgan fingerprint density at radius 2 is 1.79 bits per heavy atom. The Kier molecular flexibility index (Phi) is 6.38. The summed E-state index contributed by atoms with van der Waals surface area (Å²) in [6.45, 7) is 7.88. The first-order chi connectivity index (χ1) is 6.52. The van der Waals surface area contributed by atoms with Crippen LogP contribution in [0.1, 0.15) is 59.8 Å². The zero-order valence-corrected chi connectivity index (χ0v) is 10.1. The van der Waals surface area contributed by atoms with E-state index in [9.17, 15) is 10.2 Å². The molecule has 0 aromatic rings. The fourth-order valence-electron chi connectivity index (χ4n) is 2.18. The molecule has 0 aliphatic carbocycles. The highest BCUT2D eigenvalue weighted by Crippen LogP contribution is 2.31. The van der Waals surface area contributed by atoms with Crippen molar-refractivity contribution in [3.05, 3.63) is 0 Å². The van der Waals surface area contributed by atoms with Crippen molar-refractivity contribution in [2.75, 3.05) is 0 Å². The standard InChI is InChI=1S/C12H26O2/c1-5-8-9-11(6-2)12(14,7-3)10(4)13/h10-11,13-14H,5-9H2,1-4H3. The molecular formula is C12H26O2. The van der Waals surface area contributed by atoms with Gasteiger partial charge in [-0.2, -0.15) is 0 Å². The van der Waals surface area contributed by atoms with E-state index < -0.39 is 11.7 Å². The third-order valence-electron chi connectivity index (χ3n) is 3.40. The van der Waals surface area contributed by atoms with Gasteiger partial charge in [-0.05, 0) is 25.7 Å². The van der Waals surface area contributed by atoms with Crippen LogP contribution in [0, 0.1) is 5.92 Å². The van der Waals surface area contributed by atoms with Crippen LogP contribution in [0.4, 0.5) is 0 Å². The zero-order valence-electron chi connectivity index (χ0n) is 10.1. The van der Waals surface area contributed by atoms with Gasteiger partial charge in [-0.1, -0.05) is 40.0 Å². The van der Waals surface area contributed by atoms with Crippen molar-refractivity contribution >= 4 is 0 Å². The summed E-state index contributed by atoms with van der Waals surface area (Å²) in [6, 6.07) is 0. The summed E-state index contributed by atoms with van der Waals surface area (Å²) in [5.74, 6) is 0.229. The van der Waals surface area contributed by atoms with E-state index in [1.807, 2.05) is 6.92 Å². The Labute approximate surface area is 88.3 Å². The number of hydrogen-bond donors (Lipinski definition) is 2. The van der Waals surface area contributed by atoms with Gasteiger partial charge in [0.1, 0.15) is 0 Å². The second-order valence-electron chi connectivity index (χ2n) is 4.27. The lowest BCUT2D eigenvalue weighted by molar-refractivity contribution is -0.112. The first-order valence-corrected chi connectivity index (χ1v) is 5.93. The zero-order chi connectivity index (χ0) is 11.2. The van der Waals surface area contributed by atoms with Crippen LogP contribution >= 0.6 is 0 Å². The smallest absolute Gasteiger partial charge is 0.0927 e. The quantitative estimate of drug-likeness (QED) is 0.666. The number of aliphatic hydroxyl groups excluding tert-OH is 1. The highest BCUT2D eigenvalue weighted by Gasteiger charge is 2.37. The van der Waals surface area contributed by atoms with Gasteiger partial charge in [0.05, 0.1) is 11.7 Å². The van der Waals surface area contributed by atoms with Gasteiger partial charge in [0.2, 0.25) is 0 Å². The predicted octanol–water partition coefficient (Wildman–Crippen LogP) is 2.72. The Hall–Kier alpha value is -0.0800. The van der Waals surface area contributed by atoms with Crippen LogP contribution < -0.4 is 0 Å². The van der Waals surface area contributed by atoms with Gasteiger partial charge in [0.15, 0.2) is 0 Å². The van der Waals surface area contributed by atoms with Crippen molar-refractivity contribution < 1.29 is 10.2 Å². The summed E-state index contributed by atoms with van der Waals surface area (Å²) in [7, 11) is 0. The topological polar surface area (TPSA) is 40.5 Å². The van der Waals surface area contributed by atoms with E-state index in [4.69, 9.17) is 0 Å². The molecule has 14 heavy (non-hydrogen) atoms. The molecule has 0 radical (unpaired) electrons. The van der Waals surface area contributed by atoms with Crippen LogP contribution in [0.25, 0.3) is 0 Å². The number of unbranched alkanes of at least 4 members (excludes halogenated alkanes) is 1. The Morgan fingerprint density at radius 1 is 1.21 bits per heavy atom. The van der Waals surface area contributed by atoms with Crippen LogP contribution in [0.2, 0.25) is 0 Å². The maximum atomic E-state index is 10.3. The molecule has 0 amide bonds. The molecule has 0 aliphatic rings. The normalized spacial score (nSPS) is 20.1. The maximum absolute atomic E-state index is 10.3. The van der Waals surface area contributed by atoms with Gasteiger partial charge in [-0.15, -0.1) is 0 Å². The lowest BCUT2D eigenvalue weighted by atomic mass is 9.77. The first-order valence-electron chi connectivity index (χ1n) is 5.93. The summed E-state index contributed by atoms with van der Waals surface area (Å²) in [4.78, 5) is 0. The molecule has 2 nitrogen and oxygen atoms in total. The van der Waals surface area contributed by atoms with Crippen LogP contribution in [0.15, 0.2) is 0 Å². The fraction of sp³-hybridized carbons (Fsp3) is 1.00. The highest BCUT2D eigenvalue weighted by molar-refractivity contribution is 4.89. The van der Waals surface area contributed by atoms with Gasteiger partial charge in [0.25, 0.3) is 0 Å². The van der Waals surface area contributed by atoms with E-state index in [1.54, 1.807) is 6.92 Å². The van der Waals surface area contributed by atoms with Crippen LogP contribution in [0.3, 0.4) is 0 Å². The molecule has 0 fully saturated rings. The van der Waals surface area contributed by atoms with Gasteiger partial charge in [-0.3, -0.25) is 0 Å². The molecule has 0 spiro atoms. The van der Waals surface area contributed by atoms with Gasteiger partial charge in [-0.25, -0.2) is 0 Å². The van der Waals surface area contributed by atoms with Crippen LogP contribution in [-0.2, 0) is 0 Å². The molecule has 0 rings (SSSR count). The van der Waals surface area contributed by atoms with E-state index >= 15 is 0 Å². The van der Waals surface area contributed by atoms with Crippen molar-refractivity contribution in [2.45, 2.75) is 71.5 Å². The molecule has 86 valence electrons. The number of rotatable bonds is 7. The Balaban J connectivity index is 4.43. The monoisotopic (exact) mass is 202 g/mol. The molecule has 2 N–H and O–H groups in total. The molecule has 3 unspecified atom stereocenters. The minimum absolute atomic E-state index is 0.229. The molecule has 2 heteroatoms. The molecular weight excluding hydrogens is 176 g/mol. The van der Waals surface area contributed by atoms with E-state index in [2.05, 4.69) is 13.8 Å². The van der Waals surface area contributed by atoms with E-state index in [0.29, 0.717) is 6.42 Å². The molecule has 0 aromatic heterocycles. The van der Waals surface area contributed by atoms with Crippen LogP contribution in [0.5, 0.6) is 0 Å². The van der Waals surface area contributed by atoms with E-state index in [0.717, 1.165) is 25.7 Å². The average molecular weight is 202 g/mol. The molecule has 0 aromatic carbocycles. The molecule has 3 atom stereocenters. The highest BCUT2D eigenvalue weighted by atomic mass is 16.3. The van der Waals surface area contributed by atoms with E-state index in [-0.39, 0.29) is 5.92 Å². The summed E-state index contributed by atoms with van der Waals surface area (Å²) in [5.41, 5.74) is -0.885. The van der Waals surface area contributed by atoms with Gasteiger partial charge in [0, 0.05) is 0 Å². The van der Waals surface area contributed by atoms with Gasteiger partial charge < -0.3 is 10.2 Å². The minimum atomic E-state index is -0.885. The summed E-state index contributed by atoms with van der Waals surface area (Å²) in [5, 5.41) is 20.0. The molecule has 0 saturated heterocycles. The van der Waals surface area contributed by atoms with Crippen molar-refractivity contribution in [3.63, 3.8) is 0 Å². The van der Waals surface area contributed by atoms with Crippen molar-refractivity contribution in [3.8, 4) is 0 Å². The SMILES string of the molecule is CCCCC(CC)C(O)(CC)C(C)O. The fourth-order valence-corrected chi connectivity index (χ4v) is 2.18. The second-order valence-corrected chi connectivity index (χ2v) is 4.27. The molecule has 0 heterocycles. The lowest BCUT2D eigenvalue weighted by Crippen LogP contribution is -2.46. The summed E-state index contributed by atoms with van der Waals surface area (Å²) >= 11 is 0. The predicted molar refractivity (Wildman–Crippen MR) is 60.2 cm³/mol. The Morgan fingerprint density at radius 3 is 2.07 bits per heavy atom. The third-order valence-corrected chi connectivity index (χ3v) is 3.40. The second kappa shape index (κ2) is 6.41. The van der Waals surface area contributed by atoms with Crippen molar-refractivity contribution in [1.29, 1.82) is 0 Å². The molecule has 0 saturated carbocycles. The van der Waals surface area contributed by atoms with E-state index in [1.165, 1.54) is 0 Å². The summed E-state index contributed by atoms with van der Waals surface area (Å²) < 4.78 is 0. The largest absolute Gasteiger partial charge is 0.390 e. The number of aliphatic hydroxyl groups is 2. The average Bonchev–Trinajstić information content (AvgIpc) is 2.18. The first kappa shape index (κ1) is 13.9. The molecule has 0 aliphatic heterocycles. The maximum Gasteiger partial charge on any atom is 0.0927 e. The Bertz CT molecular complexity index is 145. The third kappa shape index (κ3) is 3.25. The molecule has 0 bridgehead atoms. The summed E-state index contributed by atoms with van der Waals surface area (Å²) in [6.07, 6.45) is 4.24. The lowest BCUT2D eigenvalue weighted by Gasteiger charge is -2.37. The van der Waals surface area contributed by atoms with Crippen molar-refractivity contribution in [1.82, 2.24) is 0 Å². The number of hydrogen-bond acceptors (Lipinski definition) is 2. The van der Waals surface area contributed by atoms with Crippen molar-refractivity contribution in [2.24, 2.45) is 5.92 Å².